The lowest BCUT2D eigenvalue weighted by atomic mass is 9.97. The Labute approximate surface area is 172 Å². The molecule has 29 heavy (non-hydrogen) atoms. The molecule has 0 radical (unpaired) electrons. The third-order valence-corrected chi connectivity index (χ3v) is 4.87. The van der Waals surface area contributed by atoms with Crippen LogP contribution in [0.5, 0.6) is 0 Å². The van der Waals surface area contributed by atoms with E-state index in [4.69, 9.17) is 4.74 Å². The molecule has 0 fully saturated rings. The fourth-order valence-corrected chi connectivity index (χ4v) is 3.49. The van der Waals surface area contributed by atoms with E-state index in [-0.39, 0.29) is 24.5 Å². The average molecular weight is 392 g/mol. The van der Waals surface area contributed by atoms with Crippen molar-refractivity contribution < 1.29 is 14.3 Å². The smallest absolute Gasteiger partial charge is 0.278 e. The van der Waals surface area contributed by atoms with Gasteiger partial charge in [-0.3, -0.25) is 14.5 Å². The van der Waals surface area contributed by atoms with Gasteiger partial charge >= 0.3 is 0 Å². The molecule has 0 saturated carbocycles. The first-order valence-electron chi connectivity index (χ1n) is 9.91. The molecule has 2 aromatic rings. The predicted molar refractivity (Wildman–Crippen MR) is 115 cm³/mol. The molecule has 0 saturated heterocycles. The first kappa shape index (κ1) is 20.8. The Morgan fingerprint density at radius 1 is 0.966 bits per heavy atom. The van der Waals surface area contributed by atoms with E-state index in [9.17, 15) is 9.59 Å². The van der Waals surface area contributed by atoms with Crippen LogP contribution in [0.2, 0.25) is 0 Å². The van der Waals surface area contributed by atoms with Crippen LogP contribution in [-0.4, -0.2) is 36.0 Å². The zero-order chi connectivity index (χ0) is 21.1. The highest BCUT2D eigenvalue weighted by Gasteiger charge is 2.39. The topological polar surface area (TPSA) is 58.6 Å². The summed E-state index contributed by atoms with van der Waals surface area (Å²) in [6.45, 7) is 10.4. The first-order valence-corrected chi connectivity index (χ1v) is 9.91. The first-order chi connectivity index (χ1) is 13.8. The Bertz CT molecular complexity index is 976. The van der Waals surface area contributed by atoms with Gasteiger partial charge in [-0.1, -0.05) is 35.9 Å². The van der Waals surface area contributed by atoms with E-state index in [0.717, 1.165) is 27.9 Å². The number of imide groups is 1. The molecule has 0 spiro atoms. The molecular formula is C24H28N2O3. The minimum atomic E-state index is -0.321. The largest absolute Gasteiger partial charge is 0.377 e. The molecule has 1 N–H and O–H groups in total. The van der Waals surface area contributed by atoms with Crippen LogP contribution < -0.4 is 5.32 Å². The summed E-state index contributed by atoms with van der Waals surface area (Å²) in [7, 11) is 0. The van der Waals surface area contributed by atoms with Crippen molar-refractivity contribution in [2.75, 3.05) is 18.5 Å². The lowest BCUT2D eigenvalue weighted by molar-refractivity contribution is -0.137. The number of nitrogens with zero attached hydrogens (tertiary/aromatic N) is 1. The Balaban J connectivity index is 2.01. The zero-order valence-corrected chi connectivity index (χ0v) is 17.7. The van der Waals surface area contributed by atoms with Crippen LogP contribution >= 0.6 is 0 Å². The van der Waals surface area contributed by atoms with Crippen LogP contribution in [-0.2, 0) is 14.3 Å². The van der Waals surface area contributed by atoms with Crippen molar-refractivity contribution in [3.8, 4) is 0 Å². The molecule has 1 aliphatic rings. The number of carbonyl (C=O) groups excluding carboxylic acids is 2. The van der Waals surface area contributed by atoms with Gasteiger partial charge in [-0.2, -0.15) is 0 Å². The van der Waals surface area contributed by atoms with Gasteiger partial charge in [0.05, 0.1) is 24.8 Å². The van der Waals surface area contributed by atoms with Gasteiger partial charge in [-0.05, 0) is 63.4 Å². The minimum Gasteiger partial charge on any atom is -0.377 e. The van der Waals surface area contributed by atoms with E-state index in [1.165, 1.54) is 4.90 Å². The predicted octanol–water partition coefficient (Wildman–Crippen LogP) is 4.23. The van der Waals surface area contributed by atoms with E-state index in [2.05, 4.69) is 5.32 Å². The number of anilines is 1. The normalized spacial score (nSPS) is 14.3. The summed E-state index contributed by atoms with van der Waals surface area (Å²) in [6, 6.07) is 13.6. The number of hydrogen-bond donors (Lipinski definition) is 1. The van der Waals surface area contributed by atoms with Gasteiger partial charge in [-0.15, -0.1) is 0 Å². The molecule has 0 bridgehead atoms. The van der Waals surface area contributed by atoms with Crippen molar-refractivity contribution in [1.82, 2.24) is 4.90 Å². The number of rotatable bonds is 7. The molecule has 0 unspecified atom stereocenters. The highest BCUT2D eigenvalue weighted by Crippen LogP contribution is 2.32. The maximum Gasteiger partial charge on any atom is 0.278 e. The van der Waals surface area contributed by atoms with E-state index < -0.39 is 0 Å². The molecule has 0 atom stereocenters. The van der Waals surface area contributed by atoms with Gasteiger partial charge in [0.1, 0.15) is 5.70 Å². The average Bonchev–Trinajstić information content (AvgIpc) is 2.86. The molecule has 1 aliphatic heterocycles. The van der Waals surface area contributed by atoms with Crippen molar-refractivity contribution in [1.29, 1.82) is 0 Å². The van der Waals surface area contributed by atoms with E-state index in [1.807, 2.05) is 77.1 Å². The molecule has 5 nitrogen and oxygen atoms in total. The number of nitrogens with one attached hydrogen (secondary N) is 1. The maximum atomic E-state index is 13.2. The molecule has 0 aromatic heterocycles. The molecule has 2 amide bonds. The molecule has 1 heterocycles. The monoisotopic (exact) mass is 392 g/mol. The number of aryl methyl sites for hydroxylation is 3. The summed E-state index contributed by atoms with van der Waals surface area (Å²) < 4.78 is 5.57. The molecular weight excluding hydrogens is 364 g/mol. The lowest BCUT2D eigenvalue weighted by Crippen LogP contribution is -2.35. The van der Waals surface area contributed by atoms with Gasteiger partial charge in [0.2, 0.25) is 0 Å². The second-order valence-electron chi connectivity index (χ2n) is 7.74. The van der Waals surface area contributed by atoms with E-state index >= 15 is 0 Å². The van der Waals surface area contributed by atoms with E-state index in [0.29, 0.717) is 17.9 Å². The molecule has 0 aliphatic carbocycles. The van der Waals surface area contributed by atoms with Crippen molar-refractivity contribution in [2.24, 2.45) is 0 Å². The number of amides is 2. The summed E-state index contributed by atoms with van der Waals surface area (Å²) in [5, 5.41) is 3.21. The summed E-state index contributed by atoms with van der Waals surface area (Å²) in [5.41, 5.74) is 5.43. The van der Waals surface area contributed by atoms with E-state index in [1.54, 1.807) is 0 Å². The Hall–Kier alpha value is -2.92. The van der Waals surface area contributed by atoms with Crippen molar-refractivity contribution >= 4 is 23.1 Å². The van der Waals surface area contributed by atoms with Crippen LogP contribution in [0, 0.1) is 20.8 Å². The number of benzene rings is 2. The van der Waals surface area contributed by atoms with Crippen molar-refractivity contribution in [2.45, 2.75) is 40.7 Å². The summed E-state index contributed by atoms with van der Waals surface area (Å²) in [4.78, 5) is 27.7. The van der Waals surface area contributed by atoms with Crippen LogP contribution in [0.15, 0.2) is 48.2 Å². The Morgan fingerprint density at radius 3 is 2.34 bits per heavy atom. The fraction of sp³-hybridized carbons (Fsp3) is 0.333. The maximum absolute atomic E-state index is 13.2. The van der Waals surface area contributed by atoms with Gasteiger partial charge < -0.3 is 10.1 Å². The third-order valence-electron chi connectivity index (χ3n) is 4.87. The summed E-state index contributed by atoms with van der Waals surface area (Å²) in [5.74, 6) is -0.608. The summed E-state index contributed by atoms with van der Waals surface area (Å²) >= 11 is 0. The third kappa shape index (κ3) is 4.57. The van der Waals surface area contributed by atoms with Gasteiger partial charge in [0.25, 0.3) is 11.8 Å². The van der Waals surface area contributed by atoms with Crippen LogP contribution in [0.3, 0.4) is 0 Å². The van der Waals surface area contributed by atoms with Gasteiger partial charge in [-0.25, -0.2) is 0 Å². The van der Waals surface area contributed by atoms with Crippen LogP contribution in [0.1, 0.15) is 36.1 Å². The Morgan fingerprint density at radius 2 is 1.69 bits per heavy atom. The highest BCUT2D eigenvalue weighted by atomic mass is 16.5. The number of ether oxygens (including phenoxy) is 1. The molecule has 5 heteroatoms. The highest BCUT2D eigenvalue weighted by molar-refractivity contribution is 6.36. The fourth-order valence-electron chi connectivity index (χ4n) is 3.49. The quantitative estimate of drug-likeness (QED) is 0.717. The SMILES string of the molecule is Cc1cccc(NC2=C(c3ccc(C)cc3C)C(=O)N(CCOC(C)C)C2=O)c1. The van der Waals surface area contributed by atoms with Crippen LogP contribution in [0.4, 0.5) is 5.69 Å². The summed E-state index contributed by atoms with van der Waals surface area (Å²) in [6.07, 6.45) is 0.0412. The standard InChI is InChI=1S/C24H28N2O3/c1-15(2)29-12-11-26-23(27)21(20-10-9-17(4)13-18(20)5)22(24(26)28)25-19-8-6-7-16(3)14-19/h6-10,13-15,25H,11-12H2,1-5H3. The molecule has 3 rings (SSSR count). The number of hydrogen-bond acceptors (Lipinski definition) is 4. The molecule has 2 aromatic carbocycles. The van der Waals surface area contributed by atoms with Gasteiger partial charge in [0, 0.05) is 5.69 Å². The lowest BCUT2D eigenvalue weighted by Gasteiger charge is -2.16. The Kier molecular flexibility index (Phi) is 6.18. The second-order valence-corrected chi connectivity index (χ2v) is 7.74. The second kappa shape index (κ2) is 8.62. The van der Waals surface area contributed by atoms with Crippen LogP contribution in [0.25, 0.3) is 5.57 Å². The molecule has 152 valence electrons. The number of carbonyl (C=O) groups is 2. The van der Waals surface area contributed by atoms with Gasteiger partial charge in [0.15, 0.2) is 0 Å². The van der Waals surface area contributed by atoms with Crippen molar-refractivity contribution in [3.63, 3.8) is 0 Å². The zero-order valence-electron chi connectivity index (χ0n) is 17.7. The minimum absolute atomic E-state index is 0.0412. The van der Waals surface area contributed by atoms with Crippen molar-refractivity contribution in [3.05, 3.63) is 70.4 Å².